The molecule has 1 aliphatic heterocycles. The summed E-state index contributed by atoms with van der Waals surface area (Å²) in [4.78, 5) is 10.7. The summed E-state index contributed by atoms with van der Waals surface area (Å²) in [5.41, 5.74) is 0. The second-order valence-electron chi connectivity index (χ2n) is 4.12. The van der Waals surface area contributed by atoms with E-state index in [9.17, 15) is 20.1 Å². The van der Waals surface area contributed by atoms with Crippen molar-refractivity contribution in [1.29, 1.82) is 0 Å². The Labute approximate surface area is 88.3 Å². The van der Waals surface area contributed by atoms with E-state index in [0.29, 0.717) is 0 Å². The van der Waals surface area contributed by atoms with E-state index >= 15 is 0 Å². The van der Waals surface area contributed by atoms with Crippen LogP contribution in [0.4, 0.5) is 0 Å². The third-order valence-corrected chi connectivity index (χ3v) is 2.81. The summed E-state index contributed by atoms with van der Waals surface area (Å²) >= 11 is 0. The third kappa shape index (κ3) is 2.88. The molecule has 5 atom stereocenters. The van der Waals surface area contributed by atoms with Gasteiger partial charge >= 0.3 is 0 Å². The Hall–Kier alpha value is -0.690. The molecule has 0 unspecified atom stereocenters. The molecule has 0 bridgehead atoms. The van der Waals surface area contributed by atoms with Crippen molar-refractivity contribution in [2.45, 2.75) is 44.2 Å². The first-order valence-electron chi connectivity index (χ1n) is 5.07. The molecule has 1 saturated heterocycles. The van der Waals surface area contributed by atoms with Crippen molar-refractivity contribution in [3.63, 3.8) is 0 Å². The maximum atomic E-state index is 10.7. The number of rotatable bonds is 2. The summed E-state index contributed by atoms with van der Waals surface area (Å²) in [7, 11) is 0. The van der Waals surface area contributed by atoms with E-state index < -0.39 is 18.3 Å². The molecule has 1 heterocycles. The molecule has 0 saturated carbocycles. The molecule has 1 rings (SSSR count). The summed E-state index contributed by atoms with van der Waals surface area (Å²) in [6.07, 6.45) is -3.11. The molecule has 0 radical (unpaired) electrons. The molecule has 1 amide bonds. The summed E-state index contributed by atoms with van der Waals surface area (Å²) in [5.74, 6) is -0.177. The number of nitrogens with one attached hydrogen (secondary N) is 1. The molecule has 88 valence electrons. The zero-order valence-corrected chi connectivity index (χ0v) is 8.92. The third-order valence-electron chi connectivity index (χ3n) is 2.81. The number of nitrogens with two attached hydrogens (primary N) is 1. The molecule has 6 heteroatoms. The highest BCUT2D eigenvalue weighted by molar-refractivity contribution is 5.72. The monoisotopic (exact) mass is 219 g/mol. The Morgan fingerprint density at radius 1 is 1.27 bits per heavy atom. The summed E-state index contributed by atoms with van der Waals surface area (Å²) in [5, 5.41) is 33.0. The Kier molecular flexibility index (Phi) is 4.04. The number of aliphatic hydroxyl groups is 3. The molecule has 0 aromatic rings. The van der Waals surface area contributed by atoms with E-state index in [2.05, 4.69) is 5.32 Å². The number of carbonyl (C=O) groups is 1. The van der Waals surface area contributed by atoms with Gasteiger partial charge in [-0.05, 0) is 6.92 Å². The fourth-order valence-corrected chi connectivity index (χ4v) is 1.83. The molecule has 6 nitrogen and oxygen atoms in total. The van der Waals surface area contributed by atoms with Crippen LogP contribution in [0.1, 0.15) is 13.8 Å². The first kappa shape index (κ1) is 12.4. The van der Waals surface area contributed by atoms with Crippen LogP contribution in [0.3, 0.4) is 0 Å². The van der Waals surface area contributed by atoms with Gasteiger partial charge in [-0.3, -0.25) is 4.79 Å². The molecule has 15 heavy (non-hydrogen) atoms. The number of quaternary nitrogens is 1. The maximum absolute atomic E-state index is 10.7. The SMILES string of the molecule is CC(=O)NC[C@H]1[NH2+][C@@H](C)[C@@H](O)[C@@H](O)[C@@H]1O. The van der Waals surface area contributed by atoms with Gasteiger partial charge in [0.25, 0.3) is 0 Å². The van der Waals surface area contributed by atoms with Gasteiger partial charge < -0.3 is 26.0 Å². The smallest absolute Gasteiger partial charge is 0.217 e. The Morgan fingerprint density at radius 2 is 1.87 bits per heavy atom. The average molecular weight is 219 g/mol. The van der Waals surface area contributed by atoms with Crippen molar-refractivity contribution in [2.24, 2.45) is 0 Å². The first-order valence-corrected chi connectivity index (χ1v) is 5.07. The van der Waals surface area contributed by atoms with E-state index in [1.54, 1.807) is 12.2 Å². The summed E-state index contributed by atoms with van der Waals surface area (Å²) in [6, 6.07) is -0.510. The van der Waals surface area contributed by atoms with Crippen molar-refractivity contribution in [3.8, 4) is 0 Å². The standard InChI is InChI=1S/C9H18N2O4/c1-4-7(13)9(15)8(14)6(11-4)3-10-5(2)12/h4,6-9,11,13-15H,3H2,1-2H3,(H,10,12)/p+1/t4-,6+,7+,8+,9+/m0/s1. The molecular formula is C9H19N2O4+. The zero-order valence-electron chi connectivity index (χ0n) is 8.92. The minimum Gasteiger partial charge on any atom is -0.387 e. The van der Waals surface area contributed by atoms with Crippen LogP contribution >= 0.6 is 0 Å². The Bertz CT molecular complexity index is 236. The van der Waals surface area contributed by atoms with E-state index in [4.69, 9.17) is 0 Å². The van der Waals surface area contributed by atoms with Crippen LogP contribution in [0.15, 0.2) is 0 Å². The van der Waals surface area contributed by atoms with Crippen LogP contribution in [0.5, 0.6) is 0 Å². The summed E-state index contributed by atoms with van der Waals surface area (Å²) < 4.78 is 0. The summed E-state index contributed by atoms with van der Waals surface area (Å²) in [6.45, 7) is 3.44. The van der Waals surface area contributed by atoms with Gasteiger partial charge in [-0.25, -0.2) is 0 Å². The van der Waals surface area contributed by atoms with E-state index in [0.717, 1.165) is 0 Å². The molecule has 1 fully saturated rings. The highest BCUT2D eigenvalue weighted by Crippen LogP contribution is 2.09. The minimum atomic E-state index is -1.15. The van der Waals surface area contributed by atoms with Gasteiger partial charge in [0.2, 0.25) is 5.91 Å². The highest BCUT2D eigenvalue weighted by atomic mass is 16.4. The number of amides is 1. The fourth-order valence-electron chi connectivity index (χ4n) is 1.83. The van der Waals surface area contributed by atoms with Crippen LogP contribution in [-0.4, -0.2) is 58.2 Å². The van der Waals surface area contributed by atoms with Crippen molar-refractivity contribution in [2.75, 3.05) is 6.54 Å². The number of piperidine rings is 1. The van der Waals surface area contributed by atoms with E-state index in [1.807, 2.05) is 0 Å². The molecule has 0 aromatic carbocycles. The topological polar surface area (TPSA) is 106 Å². The van der Waals surface area contributed by atoms with Crippen molar-refractivity contribution >= 4 is 5.91 Å². The van der Waals surface area contributed by atoms with Crippen molar-refractivity contribution < 1.29 is 25.4 Å². The van der Waals surface area contributed by atoms with Gasteiger partial charge in [0.15, 0.2) is 0 Å². The molecule has 1 aliphatic rings. The van der Waals surface area contributed by atoms with Crippen LogP contribution in [-0.2, 0) is 4.79 Å². The normalized spacial score (nSPS) is 41.3. The average Bonchev–Trinajstić information content (AvgIpc) is 2.18. The van der Waals surface area contributed by atoms with E-state index in [1.165, 1.54) is 6.92 Å². The fraction of sp³-hybridized carbons (Fsp3) is 0.889. The van der Waals surface area contributed by atoms with Gasteiger partial charge in [0, 0.05) is 6.92 Å². The van der Waals surface area contributed by atoms with Crippen molar-refractivity contribution in [1.82, 2.24) is 5.32 Å². The predicted octanol–water partition coefficient (Wildman–Crippen LogP) is -3.46. The second-order valence-corrected chi connectivity index (χ2v) is 4.12. The van der Waals surface area contributed by atoms with Crippen molar-refractivity contribution in [3.05, 3.63) is 0 Å². The highest BCUT2D eigenvalue weighted by Gasteiger charge is 2.43. The predicted molar refractivity (Wildman–Crippen MR) is 51.9 cm³/mol. The number of hydrogen-bond acceptors (Lipinski definition) is 4. The second kappa shape index (κ2) is 4.89. The first-order chi connectivity index (χ1) is 6.93. The maximum Gasteiger partial charge on any atom is 0.217 e. The minimum absolute atomic E-state index is 0.177. The van der Waals surface area contributed by atoms with Gasteiger partial charge in [-0.1, -0.05) is 0 Å². The lowest BCUT2D eigenvalue weighted by atomic mass is 9.91. The van der Waals surface area contributed by atoms with Gasteiger partial charge in [0.1, 0.15) is 30.4 Å². The number of carbonyl (C=O) groups excluding carboxylic acids is 1. The quantitative estimate of drug-likeness (QED) is 0.333. The van der Waals surface area contributed by atoms with Crippen LogP contribution in [0, 0.1) is 0 Å². The van der Waals surface area contributed by atoms with Crippen LogP contribution in [0.25, 0.3) is 0 Å². The number of aliphatic hydroxyl groups excluding tert-OH is 3. The lowest BCUT2D eigenvalue weighted by Gasteiger charge is -2.37. The van der Waals surface area contributed by atoms with E-state index in [-0.39, 0.29) is 24.5 Å². The molecule has 0 aromatic heterocycles. The Balaban J connectivity index is 2.54. The Morgan fingerprint density at radius 3 is 2.40 bits per heavy atom. The zero-order chi connectivity index (χ0) is 11.6. The van der Waals surface area contributed by atoms with Gasteiger partial charge in [0.05, 0.1) is 6.54 Å². The van der Waals surface area contributed by atoms with Crippen LogP contribution in [0.2, 0.25) is 0 Å². The van der Waals surface area contributed by atoms with Gasteiger partial charge in [-0.15, -0.1) is 0 Å². The molecule has 0 spiro atoms. The lowest BCUT2D eigenvalue weighted by Crippen LogP contribution is -3.03. The molecule has 6 N–H and O–H groups in total. The van der Waals surface area contributed by atoms with Gasteiger partial charge in [-0.2, -0.15) is 0 Å². The lowest BCUT2D eigenvalue weighted by molar-refractivity contribution is -0.743. The number of hydrogen-bond donors (Lipinski definition) is 5. The van der Waals surface area contributed by atoms with Crippen LogP contribution < -0.4 is 10.6 Å². The molecule has 0 aliphatic carbocycles. The molecular weight excluding hydrogens is 200 g/mol. The largest absolute Gasteiger partial charge is 0.387 e.